The van der Waals surface area contributed by atoms with Crippen LogP contribution in [0.5, 0.6) is 5.75 Å². The molecule has 2 aromatic rings. The number of sulfonamides is 1. The average Bonchev–Trinajstić information content (AvgIpc) is 2.54. The number of nitrogens with one attached hydrogen (secondary N) is 2. The van der Waals surface area contributed by atoms with Gasteiger partial charge in [-0.25, -0.2) is 13.1 Å². The molecule has 0 spiro atoms. The Morgan fingerprint density at radius 2 is 1.88 bits per heavy atom. The van der Waals surface area contributed by atoms with Gasteiger partial charge in [-0.05, 0) is 63.6 Å². The van der Waals surface area contributed by atoms with Crippen LogP contribution in [0.4, 0.5) is 5.69 Å². The van der Waals surface area contributed by atoms with Gasteiger partial charge in [0.15, 0.2) is 0 Å². The van der Waals surface area contributed by atoms with Crippen LogP contribution in [0.2, 0.25) is 0 Å². The molecule has 2 aromatic carbocycles. The van der Waals surface area contributed by atoms with E-state index in [1.807, 2.05) is 25.1 Å². The van der Waals surface area contributed by atoms with E-state index in [9.17, 15) is 13.2 Å². The fourth-order valence-electron chi connectivity index (χ4n) is 2.43. The Hall–Kier alpha value is -2.38. The summed E-state index contributed by atoms with van der Waals surface area (Å²) in [5.74, 6) is -0.174. The smallest absolute Gasteiger partial charge is 0.255 e. The minimum absolute atomic E-state index is 0.0510. The van der Waals surface area contributed by atoms with Gasteiger partial charge in [0.1, 0.15) is 10.6 Å². The zero-order valence-electron chi connectivity index (χ0n) is 15.4. The van der Waals surface area contributed by atoms with Crippen molar-refractivity contribution in [1.82, 2.24) is 4.72 Å². The maximum Gasteiger partial charge on any atom is 0.255 e. The van der Waals surface area contributed by atoms with Gasteiger partial charge in [0.25, 0.3) is 5.91 Å². The summed E-state index contributed by atoms with van der Waals surface area (Å²) in [6.07, 6.45) is 0. The number of hydrogen-bond acceptors (Lipinski definition) is 4. The molecular formula is C19H24N2O4S. The Labute approximate surface area is 154 Å². The van der Waals surface area contributed by atoms with Crippen molar-refractivity contribution in [1.29, 1.82) is 0 Å². The highest BCUT2D eigenvalue weighted by Gasteiger charge is 2.22. The molecule has 0 aliphatic rings. The van der Waals surface area contributed by atoms with Crippen molar-refractivity contribution in [2.24, 2.45) is 0 Å². The molecule has 0 aliphatic heterocycles. The van der Waals surface area contributed by atoms with E-state index in [0.717, 1.165) is 5.56 Å². The van der Waals surface area contributed by atoms with Gasteiger partial charge in [0.05, 0.1) is 6.61 Å². The number of benzene rings is 2. The molecule has 0 saturated carbocycles. The third-order valence-electron chi connectivity index (χ3n) is 3.46. The molecule has 6 nitrogen and oxygen atoms in total. The van der Waals surface area contributed by atoms with Gasteiger partial charge < -0.3 is 10.1 Å². The summed E-state index contributed by atoms with van der Waals surface area (Å²) in [5.41, 5.74) is 1.89. The second kappa shape index (κ2) is 8.33. The molecule has 0 aliphatic carbocycles. The van der Waals surface area contributed by atoms with Crippen molar-refractivity contribution in [2.75, 3.05) is 11.9 Å². The van der Waals surface area contributed by atoms with Crippen LogP contribution in [0, 0.1) is 6.92 Å². The van der Waals surface area contributed by atoms with Crippen molar-refractivity contribution in [3.8, 4) is 5.75 Å². The predicted molar refractivity (Wildman–Crippen MR) is 102 cm³/mol. The fraction of sp³-hybridized carbons (Fsp3) is 0.316. The number of carbonyl (C=O) groups is 1. The van der Waals surface area contributed by atoms with Gasteiger partial charge >= 0.3 is 0 Å². The second-order valence-electron chi connectivity index (χ2n) is 6.19. The standard InChI is InChI=1S/C19H24N2O4S/c1-5-25-17-10-9-15(12-18(17)26(23,24)21-13(2)3)19(22)20-16-8-6-7-14(4)11-16/h6-13,21H,5H2,1-4H3,(H,20,22). The lowest BCUT2D eigenvalue weighted by Gasteiger charge is -2.15. The normalized spacial score (nSPS) is 11.4. The van der Waals surface area contributed by atoms with Gasteiger partial charge in [0, 0.05) is 17.3 Å². The monoisotopic (exact) mass is 376 g/mol. The minimum atomic E-state index is -3.80. The maximum absolute atomic E-state index is 12.6. The number of anilines is 1. The van der Waals surface area contributed by atoms with Crippen LogP contribution in [0.1, 0.15) is 36.7 Å². The molecule has 2 N–H and O–H groups in total. The first-order chi connectivity index (χ1) is 12.2. The second-order valence-corrected chi connectivity index (χ2v) is 7.88. The molecule has 2 rings (SSSR count). The number of rotatable bonds is 7. The lowest BCUT2D eigenvalue weighted by Crippen LogP contribution is -2.30. The van der Waals surface area contributed by atoms with E-state index in [0.29, 0.717) is 12.3 Å². The first kappa shape index (κ1) is 19.9. The Balaban J connectivity index is 2.38. The van der Waals surface area contributed by atoms with Gasteiger partial charge in [-0.15, -0.1) is 0 Å². The van der Waals surface area contributed by atoms with Gasteiger partial charge in [-0.2, -0.15) is 0 Å². The van der Waals surface area contributed by atoms with Crippen molar-refractivity contribution < 1.29 is 17.9 Å². The molecule has 0 fully saturated rings. The van der Waals surface area contributed by atoms with Crippen LogP contribution in [0.15, 0.2) is 47.4 Å². The fourth-order valence-corrected chi connectivity index (χ4v) is 3.86. The molecule has 0 unspecified atom stereocenters. The first-order valence-electron chi connectivity index (χ1n) is 8.40. The van der Waals surface area contributed by atoms with E-state index in [1.54, 1.807) is 32.9 Å². The summed E-state index contributed by atoms with van der Waals surface area (Å²) in [4.78, 5) is 12.5. The van der Waals surface area contributed by atoms with E-state index in [2.05, 4.69) is 10.0 Å². The Morgan fingerprint density at radius 3 is 2.50 bits per heavy atom. The van der Waals surface area contributed by atoms with Crippen LogP contribution in [0.3, 0.4) is 0 Å². The lowest BCUT2D eigenvalue weighted by atomic mass is 10.2. The zero-order valence-corrected chi connectivity index (χ0v) is 16.2. The summed E-state index contributed by atoms with van der Waals surface area (Å²) in [6.45, 7) is 7.47. The first-order valence-corrected chi connectivity index (χ1v) is 9.88. The third kappa shape index (κ3) is 5.06. The molecule has 0 aromatic heterocycles. The van der Waals surface area contributed by atoms with Crippen molar-refractivity contribution in [3.05, 3.63) is 53.6 Å². The van der Waals surface area contributed by atoms with E-state index in [-0.39, 0.29) is 28.2 Å². The third-order valence-corrected chi connectivity index (χ3v) is 5.14. The van der Waals surface area contributed by atoms with Crippen LogP contribution < -0.4 is 14.8 Å². The highest BCUT2D eigenvalue weighted by Crippen LogP contribution is 2.26. The zero-order chi connectivity index (χ0) is 19.3. The summed E-state index contributed by atoms with van der Waals surface area (Å²) >= 11 is 0. The molecule has 140 valence electrons. The number of hydrogen-bond donors (Lipinski definition) is 2. The van der Waals surface area contributed by atoms with Crippen molar-refractivity contribution in [2.45, 2.75) is 38.6 Å². The van der Waals surface area contributed by atoms with Crippen LogP contribution in [-0.2, 0) is 10.0 Å². The van der Waals surface area contributed by atoms with Gasteiger partial charge in [-0.1, -0.05) is 12.1 Å². The number of aryl methyl sites for hydroxylation is 1. The quantitative estimate of drug-likeness (QED) is 0.776. The Kier molecular flexibility index (Phi) is 6.39. The van der Waals surface area contributed by atoms with Crippen LogP contribution in [-0.4, -0.2) is 27.0 Å². The largest absolute Gasteiger partial charge is 0.492 e. The molecule has 26 heavy (non-hydrogen) atoms. The Morgan fingerprint density at radius 1 is 1.15 bits per heavy atom. The molecule has 0 saturated heterocycles. The molecular weight excluding hydrogens is 352 g/mol. The molecule has 1 amide bonds. The summed E-state index contributed by atoms with van der Waals surface area (Å²) in [6, 6.07) is 11.5. The maximum atomic E-state index is 12.6. The van der Waals surface area contributed by atoms with Gasteiger partial charge in [-0.3, -0.25) is 4.79 Å². The molecule has 0 atom stereocenters. The number of carbonyl (C=O) groups excluding carboxylic acids is 1. The van der Waals surface area contributed by atoms with E-state index in [4.69, 9.17) is 4.74 Å². The van der Waals surface area contributed by atoms with Crippen LogP contribution >= 0.6 is 0 Å². The van der Waals surface area contributed by atoms with E-state index < -0.39 is 10.0 Å². The molecule has 0 radical (unpaired) electrons. The lowest BCUT2D eigenvalue weighted by molar-refractivity contribution is 0.102. The highest BCUT2D eigenvalue weighted by atomic mass is 32.2. The Bertz CT molecular complexity index is 892. The number of amides is 1. The van der Waals surface area contributed by atoms with Crippen molar-refractivity contribution >= 4 is 21.6 Å². The van der Waals surface area contributed by atoms with Crippen molar-refractivity contribution in [3.63, 3.8) is 0 Å². The minimum Gasteiger partial charge on any atom is -0.492 e. The summed E-state index contributed by atoms with van der Waals surface area (Å²) in [7, 11) is -3.80. The van der Waals surface area contributed by atoms with E-state index >= 15 is 0 Å². The van der Waals surface area contributed by atoms with Crippen LogP contribution in [0.25, 0.3) is 0 Å². The SMILES string of the molecule is CCOc1ccc(C(=O)Nc2cccc(C)c2)cc1S(=O)(=O)NC(C)C. The average molecular weight is 376 g/mol. The molecule has 0 bridgehead atoms. The topological polar surface area (TPSA) is 84.5 Å². The van der Waals surface area contributed by atoms with E-state index in [1.165, 1.54) is 12.1 Å². The summed E-state index contributed by atoms with van der Waals surface area (Å²) < 4.78 is 33.1. The van der Waals surface area contributed by atoms with Gasteiger partial charge in [0.2, 0.25) is 10.0 Å². The molecule has 0 heterocycles. The highest BCUT2D eigenvalue weighted by molar-refractivity contribution is 7.89. The predicted octanol–water partition coefficient (Wildman–Crippen LogP) is 3.33. The number of ether oxygens (including phenoxy) is 1. The summed E-state index contributed by atoms with van der Waals surface area (Å²) in [5, 5.41) is 2.77. The molecule has 7 heteroatoms.